The molecule has 0 saturated carbocycles. The van der Waals surface area contributed by atoms with Crippen LogP contribution in [0.25, 0.3) is 6.08 Å². The first-order chi connectivity index (χ1) is 12.0. The fourth-order valence-electron chi connectivity index (χ4n) is 2.94. The number of amides is 3. The van der Waals surface area contributed by atoms with Gasteiger partial charge in [0.05, 0.1) is 14.2 Å². The van der Waals surface area contributed by atoms with Crippen molar-refractivity contribution in [1.82, 2.24) is 10.2 Å². The predicted octanol–water partition coefficient (Wildman–Crippen LogP) is 1.77. The van der Waals surface area contributed by atoms with Gasteiger partial charge in [-0.3, -0.25) is 4.79 Å². The molecule has 1 aromatic rings. The van der Waals surface area contributed by atoms with Gasteiger partial charge in [-0.05, 0) is 43.0 Å². The van der Waals surface area contributed by atoms with E-state index in [1.807, 2.05) is 12.1 Å². The van der Waals surface area contributed by atoms with Crippen LogP contribution >= 0.6 is 0 Å². The van der Waals surface area contributed by atoms with Crippen molar-refractivity contribution in [2.24, 2.45) is 5.73 Å². The monoisotopic (exact) mass is 347 g/mol. The Morgan fingerprint density at radius 3 is 2.72 bits per heavy atom. The van der Waals surface area contributed by atoms with Crippen LogP contribution in [0.5, 0.6) is 11.5 Å². The average molecular weight is 347 g/mol. The zero-order chi connectivity index (χ0) is 18.2. The number of primary amides is 1. The molecule has 1 atom stereocenters. The first kappa shape index (κ1) is 18.6. The molecule has 7 heteroatoms. The first-order valence-corrected chi connectivity index (χ1v) is 8.29. The van der Waals surface area contributed by atoms with E-state index in [2.05, 4.69) is 5.32 Å². The molecule has 1 fully saturated rings. The Kier molecular flexibility index (Phi) is 6.68. The van der Waals surface area contributed by atoms with Crippen molar-refractivity contribution in [3.8, 4) is 11.5 Å². The number of likely N-dealkylation sites (tertiary alicyclic amines) is 1. The topological polar surface area (TPSA) is 93.9 Å². The molecule has 1 saturated heterocycles. The molecular formula is C18H25N3O4. The third-order valence-corrected chi connectivity index (χ3v) is 4.25. The summed E-state index contributed by atoms with van der Waals surface area (Å²) in [4.78, 5) is 25.2. The molecule has 3 amide bonds. The number of hydrogen-bond acceptors (Lipinski definition) is 4. The molecule has 2 rings (SSSR count). The van der Waals surface area contributed by atoms with Crippen LogP contribution in [0, 0.1) is 0 Å². The van der Waals surface area contributed by atoms with E-state index in [1.54, 1.807) is 37.3 Å². The molecule has 0 radical (unpaired) electrons. The number of methoxy groups -OCH3 is 2. The first-order valence-electron chi connectivity index (χ1n) is 8.29. The predicted molar refractivity (Wildman–Crippen MR) is 95.5 cm³/mol. The lowest BCUT2D eigenvalue weighted by Crippen LogP contribution is -2.49. The highest BCUT2D eigenvalue weighted by Gasteiger charge is 2.25. The van der Waals surface area contributed by atoms with Crippen LogP contribution in [0.4, 0.5) is 4.79 Å². The number of carbonyl (C=O) groups is 2. The summed E-state index contributed by atoms with van der Waals surface area (Å²) in [6.45, 7) is 1.06. The van der Waals surface area contributed by atoms with Crippen LogP contribution in [0.1, 0.15) is 24.8 Å². The number of carbonyl (C=O) groups excluding carboxylic acids is 2. The highest BCUT2D eigenvalue weighted by Crippen LogP contribution is 2.28. The van der Waals surface area contributed by atoms with Crippen molar-refractivity contribution in [3.05, 3.63) is 29.8 Å². The van der Waals surface area contributed by atoms with Gasteiger partial charge in [-0.2, -0.15) is 0 Å². The quantitative estimate of drug-likeness (QED) is 0.767. The van der Waals surface area contributed by atoms with Gasteiger partial charge in [0.15, 0.2) is 11.5 Å². The van der Waals surface area contributed by atoms with E-state index < -0.39 is 6.03 Å². The molecule has 0 unspecified atom stereocenters. The van der Waals surface area contributed by atoms with Gasteiger partial charge < -0.3 is 25.4 Å². The third kappa shape index (κ3) is 5.14. The number of piperidine rings is 1. The molecule has 3 N–H and O–H groups in total. The second kappa shape index (κ2) is 8.96. The Labute approximate surface area is 147 Å². The molecule has 7 nitrogen and oxygen atoms in total. The highest BCUT2D eigenvalue weighted by atomic mass is 16.5. The SMILES string of the molecule is COc1ccc(/C=C\C(=O)N2CCCC[C@@H]2CNC(N)=O)cc1OC. The minimum absolute atomic E-state index is 0.0243. The van der Waals surface area contributed by atoms with Crippen molar-refractivity contribution >= 4 is 18.0 Å². The molecule has 25 heavy (non-hydrogen) atoms. The number of nitrogens with one attached hydrogen (secondary N) is 1. The Bertz CT molecular complexity index is 645. The van der Waals surface area contributed by atoms with Crippen LogP contribution in [0.3, 0.4) is 0 Å². The zero-order valence-corrected chi connectivity index (χ0v) is 14.7. The van der Waals surface area contributed by atoms with Crippen LogP contribution in [0.2, 0.25) is 0 Å². The number of hydrogen-bond donors (Lipinski definition) is 2. The normalized spacial score (nSPS) is 17.4. The summed E-state index contributed by atoms with van der Waals surface area (Å²) < 4.78 is 10.5. The average Bonchev–Trinajstić information content (AvgIpc) is 2.64. The number of urea groups is 1. The Morgan fingerprint density at radius 2 is 2.04 bits per heavy atom. The zero-order valence-electron chi connectivity index (χ0n) is 14.7. The highest BCUT2D eigenvalue weighted by molar-refractivity contribution is 5.92. The molecule has 1 aromatic carbocycles. The second-order valence-corrected chi connectivity index (χ2v) is 5.87. The number of nitrogens with two attached hydrogens (primary N) is 1. The number of nitrogens with zero attached hydrogens (tertiary/aromatic N) is 1. The number of benzene rings is 1. The van der Waals surface area contributed by atoms with Crippen molar-refractivity contribution in [2.75, 3.05) is 27.3 Å². The van der Waals surface area contributed by atoms with Gasteiger partial charge in [0, 0.05) is 25.2 Å². The minimum atomic E-state index is -0.571. The molecule has 1 heterocycles. The summed E-state index contributed by atoms with van der Waals surface area (Å²) in [5.74, 6) is 1.17. The summed E-state index contributed by atoms with van der Waals surface area (Å²) in [5.41, 5.74) is 5.97. The van der Waals surface area contributed by atoms with Gasteiger partial charge in [-0.1, -0.05) is 6.07 Å². The summed E-state index contributed by atoms with van der Waals surface area (Å²) in [5, 5.41) is 2.59. The van der Waals surface area contributed by atoms with Crippen LogP contribution in [-0.2, 0) is 4.79 Å². The fourth-order valence-corrected chi connectivity index (χ4v) is 2.94. The lowest BCUT2D eigenvalue weighted by atomic mass is 10.0. The third-order valence-electron chi connectivity index (χ3n) is 4.25. The van der Waals surface area contributed by atoms with E-state index in [0.717, 1.165) is 24.8 Å². The molecule has 0 spiro atoms. The molecule has 0 aliphatic carbocycles. The standard InChI is InChI=1S/C18H25N3O4/c1-24-15-8-6-13(11-16(15)25-2)7-9-17(22)21-10-4-3-5-14(21)12-20-18(19)23/h6-9,11,14H,3-5,10,12H2,1-2H3,(H3,19,20,23)/b9-7-/t14-/m1/s1. The van der Waals surface area contributed by atoms with Crippen LogP contribution in [-0.4, -0.2) is 50.2 Å². The Hall–Kier alpha value is -2.70. The van der Waals surface area contributed by atoms with Crippen molar-refractivity contribution in [1.29, 1.82) is 0 Å². The maximum Gasteiger partial charge on any atom is 0.312 e. The molecule has 136 valence electrons. The Morgan fingerprint density at radius 1 is 1.28 bits per heavy atom. The van der Waals surface area contributed by atoms with Gasteiger partial charge in [-0.15, -0.1) is 0 Å². The molecule has 0 aromatic heterocycles. The fraction of sp³-hybridized carbons (Fsp3) is 0.444. The second-order valence-electron chi connectivity index (χ2n) is 5.87. The van der Waals surface area contributed by atoms with Gasteiger partial charge in [0.25, 0.3) is 0 Å². The van der Waals surface area contributed by atoms with E-state index in [0.29, 0.717) is 24.6 Å². The van der Waals surface area contributed by atoms with E-state index in [-0.39, 0.29) is 11.9 Å². The molecule has 1 aliphatic heterocycles. The van der Waals surface area contributed by atoms with Crippen LogP contribution < -0.4 is 20.5 Å². The van der Waals surface area contributed by atoms with E-state index in [4.69, 9.17) is 15.2 Å². The lowest BCUT2D eigenvalue weighted by Gasteiger charge is -2.35. The Balaban J connectivity index is 2.06. The summed E-state index contributed by atoms with van der Waals surface area (Å²) in [7, 11) is 3.15. The van der Waals surface area contributed by atoms with Crippen molar-refractivity contribution in [3.63, 3.8) is 0 Å². The van der Waals surface area contributed by atoms with Crippen molar-refractivity contribution in [2.45, 2.75) is 25.3 Å². The summed E-state index contributed by atoms with van der Waals surface area (Å²) >= 11 is 0. The minimum Gasteiger partial charge on any atom is -0.493 e. The van der Waals surface area contributed by atoms with Gasteiger partial charge in [-0.25, -0.2) is 4.79 Å². The van der Waals surface area contributed by atoms with Crippen LogP contribution in [0.15, 0.2) is 24.3 Å². The maximum atomic E-state index is 12.5. The van der Waals surface area contributed by atoms with Gasteiger partial charge in [0.2, 0.25) is 5.91 Å². The van der Waals surface area contributed by atoms with Gasteiger partial charge in [0.1, 0.15) is 0 Å². The van der Waals surface area contributed by atoms with Crippen molar-refractivity contribution < 1.29 is 19.1 Å². The molecule has 1 aliphatic rings. The van der Waals surface area contributed by atoms with Gasteiger partial charge >= 0.3 is 6.03 Å². The maximum absolute atomic E-state index is 12.5. The van der Waals surface area contributed by atoms with E-state index in [1.165, 1.54) is 0 Å². The molecular weight excluding hydrogens is 322 g/mol. The largest absolute Gasteiger partial charge is 0.493 e. The lowest BCUT2D eigenvalue weighted by molar-refractivity contribution is -0.129. The number of ether oxygens (including phenoxy) is 2. The number of rotatable bonds is 6. The molecule has 0 bridgehead atoms. The summed E-state index contributed by atoms with van der Waals surface area (Å²) in [6, 6.07) is 4.87. The summed E-state index contributed by atoms with van der Waals surface area (Å²) in [6.07, 6.45) is 6.15. The van der Waals surface area contributed by atoms with E-state index in [9.17, 15) is 9.59 Å². The van der Waals surface area contributed by atoms with E-state index >= 15 is 0 Å². The smallest absolute Gasteiger partial charge is 0.312 e.